The number of methoxy groups -OCH3 is 1. The molecular formula is C7H14ClNO3. The fourth-order valence-corrected chi connectivity index (χ4v) is 1.25. The van der Waals surface area contributed by atoms with E-state index in [1.54, 1.807) is 0 Å². The molecule has 0 bridgehead atoms. The normalized spacial score (nSPS) is 27.8. The van der Waals surface area contributed by atoms with Gasteiger partial charge in [0.05, 0.1) is 7.11 Å². The third-order valence-corrected chi connectivity index (χ3v) is 1.95. The molecule has 1 aliphatic heterocycles. The van der Waals surface area contributed by atoms with Crippen LogP contribution >= 0.6 is 12.4 Å². The molecule has 1 heterocycles. The van der Waals surface area contributed by atoms with Gasteiger partial charge in [-0.05, 0) is 13.0 Å². The summed E-state index contributed by atoms with van der Waals surface area (Å²) in [5, 5.41) is 0. The van der Waals surface area contributed by atoms with E-state index in [9.17, 15) is 4.79 Å². The van der Waals surface area contributed by atoms with Crippen LogP contribution in [0, 0.1) is 5.92 Å². The Morgan fingerprint density at radius 1 is 1.75 bits per heavy atom. The molecule has 1 fully saturated rings. The van der Waals surface area contributed by atoms with Gasteiger partial charge in [0.1, 0.15) is 0 Å². The van der Waals surface area contributed by atoms with E-state index in [1.165, 1.54) is 7.11 Å². The minimum atomic E-state index is -0.426. The van der Waals surface area contributed by atoms with Crippen molar-refractivity contribution in [1.82, 2.24) is 0 Å². The van der Waals surface area contributed by atoms with Crippen molar-refractivity contribution in [3.8, 4) is 0 Å². The van der Waals surface area contributed by atoms with Crippen LogP contribution in [0.15, 0.2) is 0 Å². The second kappa shape index (κ2) is 5.35. The van der Waals surface area contributed by atoms with Gasteiger partial charge in [-0.2, -0.15) is 0 Å². The van der Waals surface area contributed by atoms with Crippen molar-refractivity contribution in [1.29, 1.82) is 0 Å². The molecule has 72 valence electrons. The maximum absolute atomic E-state index is 11.0. The van der Waals surface area contributed by atoms with Gasteiger partial charge >= 0.3 is 5.97 Å². The number of halogens is 1. The molecule has 0 spiro atoms. The summed E-state index contributed by atoms with van der Waals surface area (Å²) in [7, 11) is 1.36. The zero-order chi connectivity index (χ0) is 8.27. The molecule has 5 heteroatoms. The fraction of sp³-hybridized carbons (Fsp3) is 0.857. The van der Waals surface area contributed by atoms with E-state index in [4.69, 9.17) is 10.5 Å². The largest absolute Gasteiger partial charge is 0.467 e. The third-order valence-electron chi connectivity index (χ3n) is 1.95. The van der Waals surface area contributed by atoms with Crippen LogP contribution in [0.3, 0.4) is 0 Å². The van der Waals surface area contributed by atoms with Crippen LogP contribution in [0.2, 0.25) is 0 Å². The maximum atomic E-state index is 11.0. The zero-order valence-corrected chi connectivity index (χ0v) is 7.80. The van der Waals surface area contributed by atoms with E-state index < -0.39 is 6.10 Å². The van der Waals surface area contributed by atoms with Gasteiger partial charge in [0.15, 0.2) is 6.10 Å². The molecule has 1 aliphatic rings. The predicted molar refractivity (Wildman–Crippen MR) is 46.2 cm³/mol. The SMILES string of the molecule is COC(=O)[C@H]1OCC[C@H]1CN.Cl. The summed E-state index contributed by atoms with van der Waals surface area (Å²) >= 11 is 0. The van der Waals surface area contributed by atoms with E-state index in [-0.39, 0.29) is 24.3 Å². The summed E-state index contributed by atoms with van der Waals surface area (Å²) in [5.41, 5.74) is 5.43. The number of hydrogen-bond donors (Lipinski definition) is 1. The van der Waals surface area contributed by atoms with Crippen molar-refractivity contribution >= 4 is 18.4 Å². The molecule has 0 radical (unpaired) electrons. The van der Waals surface area contributed by atoms with Crippen LogP contribution in [0.4, 0.5) is 0 Å². The Morgan fingerprint density at radius 3 is 2.92 bits per heavy atom. The summed E-state index contributed by atoms with van der Waals surface area (Å²) in [6.45, 7) is 1.10. The molecule has 0 amide bonds. The highest BCUT2D eigenvalue weighted by molar-refractivity contribution is 5.85. The average molecular weight is 196 g/mol. The first-order valence-corrected chi connectivity index (χ1v) is 3.69. The van der Waals surface area contributed by atoms with Gasteiger partial charge in [0.2, 0.25) is 0 Å². The number of esters is 1. The van der Waals surface area contributed by atoms with Gasteiger partial charge < -0.3 is 15.2 Å². The lowest BCUT2D eigenvalue weighted by Crippen LogP contribution is -2.32. The molecule has 1 saturated heterocycles. The molecule has 0 saturated carbocycles. The topological polar surface area (TPSA) is 61.5 Å². The van der Waals surface area contributed by atoms with Crippen molar-refractivity contribution < 1.29 is 14.3 Å². The van der Waals surface area contributed by atoms with Crippen LogP contribution in [0.25, 0.3) is 0 Å². The molecule has 0 aromatic heterocycles. The minimum absolute atomic E-state index is 0. The van der Waals surface area contributed by atoms with Gasteiger partial charge in [-0.3, -0.25) is 0 Å². The lowest BCUT2D eigenvalue weighted by Gasteiger charge is -2.13. The second-order valence-corrected chi connectivity index (χ2v) is 2.60. The molecule has 0 aromatic carbocycles. The number of carbonyl (C=O) groups excluding carboxylic acids is 1. The molecule has 0 unspecified atom stereocenters. The highest BCUT2D eigenvalue weighted by Gasteiger charge is 2.33. The van der Waals surface area contributed by atoms with Gasteiger partial charge in [0.25, 0.3) is 0 Å². The van der Waals surface area contributed by atoms with Gasteiger partial charge in [0, 0.05) is 12.5 Å². The van der Waals surface area contributed by atoms with Crippen molar-refractivity contribution in [2.24, 2.45) is 11.7 Å². The first-order valence-electron chi connectivity index (χ1n) is 3.69. The number of carbonyl (C=O) groups is 1. The summed E-state index contributed by atoms with van der Waals surface area (Å²) < 4.78 is 9.70. The summed E-state index contributed by atoms with van der Waals surface area (Å²) in [6.07, 6.45) is 0.431. The minimum Gasteiger partial charge on any atom is -0.467 e. The van der Waals surface area contributed by atoms with Crippen LogP contribution in [0.1, 0.15) is 6.42 Å². The van der Waals surface area contributed by atoms with E-state index in [0.29, 0.717) is 13.2 Å². The predicted octanol–water partition coefficient (Wildman–Crippen LogP) is -0.0550. The summed E-state index contributed by atoms with van der Waals surface area (Å²) in [4.78, 5) is 11.0. The third kappa shape index (κ3) is 2.33. The van der Waals surface area contributed by atoms with Gasteiger partial charge in [-0.15, -0.1) is 12.4 Å². The van der Waals surface area contributed by atoms with E-state index in [1.807, 2.05) is 0 Å². The fourth-order valence-electron chi connectivity index (χ4n) is 1.25. The summed E-state index contributed by atoms with van der Waals surface area (Å²) in [5.74, 6) is -0.166. The van der Waals surface area contributed by atoms with Crippen molar-refractivity contribution in [3.05, 3.63) is 0 Å². The Bertz CT molecular complexity index is 154. The molecule has 12 heavy (non-hydrogen) atoms. The van der Waals surface area contributed by atoms with Crippen LogP contribution in [-0.2, 0) is 14.3 Å². The molecule has 0 aliphatic carbocycles. The number of ether oxygens (including phenoxy) is 2. The number of hydrogen-bond acceptors (Lipinski definition) is 4. The van der Waals surface area contributed by atoms with Gasteiger partial charge in [-0.25, -0.2) is 4.79 Å². The first kappa shape index (κ1) is 11.7. The van der Waals surface area contributed by atoms with E-state index in [0.717, 1.165) is 6.42 Å². The molecule has 4 nitrogen and oxygen atoms in total. The monoisotopic (exact) mass is 195 g/mol. The lowest BCUT2D eigenvalue weighted by atomic mass is 10.0. The molecule has 2 atom stereocenters. The quantitative estimate of drug-likeness (QED) is 0.628. The lowest BCUT2D eigenvalue weighted by molar-refractivity contribution is -0.152. The van der Waals surface area contributed by atoms with E-state index >= 15 is 0 Å². The Balaban J connectivity index is 0.00000121. The Morgan fingerprint density at radius 2 is 2.42 bits per heavy atom. The Kier molecular flexibility index (Phi) is 5.20. The molecule has 0 aromatic rings. The number of rotatable bonds is 2. The van der Waals surface area contributed by atoms with Crippen LogP contribution < -0.4 is 5.73 Å². The standard InChI is InChI=1S/C7H13NO3.ClH/c1-10-7(9)6-5(4-8)2-3-11-6;/h5-6H,2-4,8H2,1H3;1H/t5-,6-;/m0./s1. The Labute approximate surface area is 77.8 Å². The van der Waals surface area contributed by atoms with E-state index in [2.05, 4.69) is 4.74 Å². The zero-order valence-electron chi connectivity index (χ0n) is 6.99. The van der Waals surface area contributed by atoms with Gasteiger partial charge in [-0.1, -0.05) is 0 Å². The average Bonchev–Trinajstić information content (AvgIpc) is 2.50. The molecular weight excluding hydrogens is 182 g/mol. The van der Waals surface area contributed by atoms with Crippen molar-refractivity contribution in [2.75, 3.05) is 20.3 Å². The Hall–Kier alpha value is -0.320. The van der Waals surface area contributed by atoms with Crippen LogP contribution in [-0.4, -0.2) is 32.3 Å². The molecule has 1 rings (SSSR count). The van der Waals surface area contributed by atoms with Crippen molar-refractivity contribution in [3.63, 3.8) is 0 Å². The maximum Gasteiger partial charge on any atom is 0.335 e. The summed E-state index contributed by atoms with van der Waals surface area (Å²) in [6, 6.07) is 0. The second-order valence-electron chi connectivity index (χ2n) is 2.60. The highest BCUT2D eigenvalue weighted by Crippen LogP contribution is 2.20. The van der Waals surface area contributed by atoms with Crippen molar-refractivity contribution in [2.45, 2.75) is 12.5 Å². The number of nitrogens with two attached hydrogens (primary N) is 1. The smallest absolute Gasteiger partial charge is 0.335 e. The highest BCUT2D eigenvalue weighted by atomic mass is 35.5. The first-order chi connectivity index (χ1) is 5.29. The van der Waals surface area contributed by atoms with Crippen LogP contribution in [0.5, 0.6) is 0 Å². The molecule has 2 N–H and O–H groups in total.